The van der Waals surface area contributed by atoms with Gasteiger partial charge in [0.15, 0.2) is 0 Å². The van der Waals surface area contributed by atoms with Gasteiger partial charge in [-0.3, -0.25) is 0 Å². The van der Waals surface area contributed by atoms with Crippen LogP contribution in [0.5, 0.6) is 0 Å². The molecule has 0 fully saturated rings. The number of thiophene rings is 1. The molecule has 0 amide bonds. The number of nitrogens with zero attached hydrogens (tertiary/aromatic N) is 1. The van der Waals surface area contributed by atoms with Gasteiger partial charge in [0.1, 0.15) is 4.21 Å². The first kappa shape index (κ1) is 16.7. The van der Waals surface area contributed by atoms with Gasteiger partial charge in [0.2, 0.25) is 0 Å². The maximum Gasteiger partial charge on any atom is 0.252 e. The molecule has 1 heterocycles. The normalized spacial score (nSPS) is 12.4. The van der Waals surface area contributed by atoms with Crippen molar-refractivity contribution in [1.82, 2.24) is 4.31 Å². The average Bonchev–Trinajstić information content (AvgIpc) is 2.76. The lowest BCUT2D eigenvalue weighted by Gasteiger charge is -2.20. The fourth-order valence-corrected chi connectivity index (χ4v) is 5.82. The standard InChI is InChI=1S/C14H18ClNO3S2/c1-3-6-16(7-8-17)21(18,19)14-10(2)12-9-11(15)4-5-13(12)20-14/h4-5,9,17H,3,6-8H2,1-2H3. The molecule has 0 spiro atoms. The van der Waals surface area contributed by atoms with E-state index in [-0.39, 0.29) is 13.2 Å². The van der Waals surface area contributed by atoms with Crippen molar-refractivity contribution < 1.29 is 13.5 Å². The van der Waals surface area contributed by atoms with Crippen molar-refractivity contribution in [3.05, 3.63) is 28.8 Å². The van der Waals surface area contributed by atoms with E-state index < -0.39 is 10.0 Å². The van der Waals surface area contributed by atoms with E-state index in [4.69, 9.17) is 16.7 Å². The van der Waals surface area contributed by atoms with Crippen molar-refractivity contribution in [3.8, 4) is 0 Å². The molecule has 0 saturated heterocycles. The molecule has 0 unspecified atom stereocenters. The van der Waals surface area contributed by atoms with Crippen LogP contribution in [0.25, 0.3) is 10.1 Å². The SMILES string of the molecule is CCCN(CCO)S(=O)(=O)c1sc2ccc(Cl)cc2c1C. The van der Waals surface area contributed by atoms with Crippen LogP contribution in [-0.4, -0.2) is 37.5 Å². The molecule has 0 bridgehead atoms. The third-order valence-corrected chi connectivity index (χ3v) is 7.26. The van der Waals surface area contributed by atoms with Crippen molar-refractivity contribution in [2.75, 3.05) is 19.7 Å². The highest BCUT2D eigenvalue weighted by molar-refractivity contribution is 7.91. The molecule has 1 aromatic heterocycles. The van der Waals surface area contributed by atoms with Crippen LogP contribution >= 0.6 is 22.9 Å². The molecule has 0 atom stereocenters. The summed E-state index contributed by atoms with van der Waals surface area (Å²) in [4.78, 5) is 0. The van der Waals surface area contributed by atoms with Crippen LogP contribution in [0.4, 0.5) is 0 Å². The van der Waals surface area contributed by atoms with Crippen molar-refractivity contribution in [1.29, 1.82) is 0 Å². The molecule has 2 rings (SSSR count). The second kappa shape index (κ2) is 6.62. The number of benzene rings is 1. The lowest BCUT2D eigenvalue weighted by Crippen LogP contribution is -2.34. The van der Waals surface area contributed by atoms with E-state index in [2.05, 4.69) is 0 Å². The number of halogens is 1. The summed E-state index contributed by atoms with van der Waals surface area (Å²) < 4.78 is 28.1. The van der Waals surface area contributed by atoms with Crippen LogP contribution in [0.2, 0.25) is 5.02 Å². The summed E-state index contributed by atoms with van der Waals surface area (Å²) in [5, 5.41) is 10.6. The third kappa shape index (κ3) is 3.24. The first-order valence-corrected chi connectivity index (χ1v) is 9.35. The fraction of sp³-hybridized carbons (Fsp3) is 0.429. The predicted molar refractivity (Wildman–Crippen MR) is 87.7 cm³/mol. The summed E-state index contributed by atoms with van der Waals surface area (Å²) in [6.07, 6.45) is 0.703. The van der Waals surface area contributed by atoms with Crippen molar-refractivity contribution in [3.63, 3.8) is 0 Å². The molecule has 21 heavy (non-hydrogen) atoms. The zero-order chi connectivity index (χ0) is 15.6. The van der Waals surface area contributed by atoms with Gasteiger partial charge in [0.25, 0.3) is 10.0 Å². The fourth-order valence-electron chi connectivity index (χ4n) is 2.25. The van der Waals surface area contributed by atoms with Crippen molar-refractivity contribution in [2.45, 2.75) is 24.5 Å². The molecule has 0 saturated carbocycles. The summed E-state index contributed by atoms with van der Waals surface area (Å²) >= 11 is 7.24. The molecular formula is C14H18ClNO3S2. The van der Waals surface area contributed by atoms with Gasteiger partial charge in [-0.2, -0.15) is 4.31 Å². The molecule has 1 aromatic carbocycles. The van der Waals surface area contributed by atoms with Gasteiger partial charge in [-0.15, -0.1) is 11.3 Å². The molecule has 0 radical (unpaired) electrons. The van der Waals surface area contributed by atoms with Crippen molar-refractivity contribution in [2.24, 2.45) is 0 Å². The first-order chi connectivity index (χ1) is 9.91. The van der Waals surface area contributed by atoms with Crippen LogP contribution < -0.4 is 0 Å². The molecule has 4 nitrogen and oxygen atoms in total. The third-order valence-electron chi connectivity index (χ3n) is 3.25. The van der Waals surface area contributed by atoms with E-state index >= 15 is 0 Å². The number of aliphatic hydroxyl groups is 1. The zero-order valence-electron chi connectivity index (χ0n) is 12.0. The van der Waals surface area contributed by atoms with Crippen LogP contribution in [0.1, 0.15) is 18.9 Å². The van der Waals surface area contributed by atoms with E-state index in [0.717, 1.165) is 15.6 Å². The Hall–Kier alpha value is -0.660. The minimum absolute atomic E-state index is 0.116. The number of aliphatic hydroxyl groups excluding tert-OH is 1. The summed E-state index contributed by atoms with van der Waals surface area (Å²) in [6, 6.07) is 5.39. The van der Waals surface area contributed by atoms with Crippen LogP contribution in [-0.2, 0) is 10.0 Å². The smallest absolute Gasteiger partial charge is 0.252 e. The number of rotatable bonds is 6. The van der Waals surface area contributed by atoms with E-state index in [1.165, 1.54) is 15.6 Å². The quantitative estimate of drug-likeness (QED) is 0.872. The van der Waals surface area contributed by atoms with E-state index in [0.29, 0.717) is 22.2 Å². The number of hydrogen-bond acceptors (Lipinski definition) is 4. The lowest BCUT2D eigenvalue weighted by atomic mass is 10.2. The second-order valence-electron chi connectivity index (χ2n) is 4.78. The topological polar surface area (TPSA) is 57.6 Å². The average molecular weight is 348 g/mol. The van der Waals surface area contributed by atoms with Gasteiger partial charge >= 0.3 is 0 Å². The Kier molecular flexibility index (Phi) is 5.27. The van der Waals surface area contributed by atoms with Gasteiger partial charge in [0.05, 0.1) is 6.61 Å². The van der Waals surface area contributed by atoms with Crippen LogP contribution in [0.3, 0.4) is 0 Å². The Morgan fingerprint density at radius 2 is 2.05 bits per heavy atom. The van der Waals surface area contributed by atoms with Crippen LogP contribution in [0, 0.1) is 6.92 Å². The van der Waals surface area contributed by atoms with Gasteiger partial charge in [-0.1, -0.05) is 18.5 Å². The van der Waals surface area contributed by atoms with Crippen LogP contribution in [0.15, 0.2) is 22.4 Å². The largest absolute Gasteiger partial charge is 0.395 e. The summed E-state index contributed by atoms with van der Waals surface area (Å²) in [6.45, 7) is 4.04. The zero-order valence-corrected chi connectivity index (χ0v) is 14.4. The summed E-state index contributed by atoms with van der Waals surface area (Å²) in [5.41, 5.74) is 0.719. The number of aryl methyl sites for hydroxylation is 1. The maximum atomic E-state index is 12.8. The van der Waals surface area contributed by atoms with E-state index in [1.54, 1.807) is 19.1 Å². The summed E-state index contributed by atoms with van der Waals surface area (Å²) in [7, 11) is -3.58. The minimum Gasteiger partial charge on any atom is -0.395 e. The predicted octanol–water partition coefficient (Wildman–Crippen LogP) is 3.26. The van der Waals surface area contributed by atoms with Gasteiger partial charge in [0, 0.05) is 22.8 Å². The Bertz CT molecular complexity index is 734. The Morgan fingerprint density at radius 3 is 2.67 bits per heavy atom. The molecule has 1 N–H and O–H groups in total. The number of sulfonamides is 1. The first-order valence-electron chi connectivity index (χ1n) is 6.71. The number of fused-ring (bicyclic) bond motifs is 1. The van der Waals surface area contributed by atoms with E-state index in [9.17, 15) is 8.42 Å². The summed E-state index contributed by atoms with van der Waals surface area (Å²) in [5.74, 6) is 0. The molecular weight excluding hydrogens is 330 g/mol. The molecule has 116 valence electrons. The Labute approximate surface area is 134 Å². The lowest BCUT2D eigenvalue weighted by molar-refractivity contribution is 0.253. The highest BCUT2D eigenvalue weighted by atomic mass is 35.5. The maximum absolute atomic E-state index is 12.8. The van der Waals surface area contributed by atoms with Gasteiger partial charge in [-0.25, -0.2) is 8.42 Å². The van der Waals surface area contributed by atoms with Gasteiger partial charge < -0.3 is 5.11 Å². The van der Waals surface area contributed by atoms with Gasteiger partial charge in [-0.05, 0) is 42.5 Å². The monoisotopic (exact) mass is 347 g/mol. The number of hydrogen-bond donors (Lipinski definition) is 1. The molecule has 0 aliphatic heterocycles. The molecule has 7 heteroatoms. The van der Waals surface area contributed by atoms with E-state index in [1.807, 2.05) is 13.0 Å². The Morgan fingerprint density at radius 1 is 1.33 bits per heavy atom. The molecule has 0 aliphatic carbocycles. The highest BCUT2D eigenvalue weighted by Crippen LogP contribution is 2.36. The molecule has 2 aromatic rings. The molecule has 0 aliphatic rings. The highest BCUT2D eigenvalue weighted by Gasteiger charge is 2.28. The second-order valence-corrected chi connectivity index (χ2v) is 8.40. The van der Waals surface area contributed by atoms with Crippen molar-refractivity contribution >= 4 is 43.0 Å². The minimum atomic E-state index is -3.58. The Balaban J connectivity index is 2.55.